The molecule has 0 aliphatic carbocycles. The number of carbonyl (C=O) groups excluding carboxylic acids is 1. The van der Waals surface area contributed by atoms with Crippen LogP contribution in [0.25, 0.3) is 22.6 Å². The number of amides is 1. The van der Waals surface area contributed by atoms with Crippen LogP contribution < -0.4 is 10.6 Å². The normalized spacial score (nSPS) is 21.4. The summed E-state index contributed by atoms with van der Waals surface area (Å²) in [7, 11) is 1.41. The van der Waals surface area contributed by atoms with Gasteiger partial charge in [-0.05, 0) is 25.5 Å². The molecule has 4 atom stereocenters. The number of ether oxygens (including phenoxy) is 1. The lowest BCUT2D eigenvalue weighted by Crippen LogP contribution is -2.41. The number of carbonyl (C=O) groups is 1. The zero-order valence-electron chi connectivity index (χ0n) is 20.4. The Bertz CT molecular complexity index is 1460. The predicted molar refractivity (Wildman–Crippen MR) is 132 cm³/mol. The Morgan fingerprint density at radius 1 is 1.11 bits per heavy atom. The molecule has 192 valence electrons. The number of anilines is 1. The highest BCUT2D eigenvalue weighted by Crippen LogP contribution is 2.33. The standard InChI is InChI=1S/C25H26FN7O4/c1-12-4-13(2)6-14(5-12)8-29-22-17-23(32-21(31-22)15-7-16(26)10-28-9-15)33(11-30-17)25-19(35)18(34)20(37-25)24(36)27-3/h4-7,9-11,18-20,25,34-35H,8H2,1-3H3,(H,27,36)(H,29,31,32)/t18-,19+,20-,25+/m0/s1. The first-order valence-corrected chi connectivity index (χ1v) is 11.6. The van der Waals surface area contributed by atoms with Gasteiger partial charge >= 0.3 is 0 Å². The highest BCUT2D eigenvalue weighted by atomic mass is 19.1. The maximum Gasteiger partial charge on any atom is 0.251 e. The molecule has 4 aromatic rings. The summed E-state index contributed by atoms with van der Waals surface area (Å²) in [4.78, 5) is 29.6. The van der Waals surface area contributed by atoms with E-state index >= 15 is 0 Å². The Balaban J connectivity index is 1.58. The van der Waals surface area contributed by atoms with Crippen LogP contribution >= 0.6 is 0 Å². The third-order valence-corrected chi connectivity index (χ3v) is 6.14. The smallest absolute Gasteiger partial charge is 0.251 e. The molecule has 0 spiro atoms. The molecule has 11 nitrogen and oxygen atoms in total. The van der Waals surface area contributed by atoms with Crippen LogP contribution in [0.4, 0.5) is 10.2 Å². The number of aliphatic hydroxyl groups excluding tert-OH is 2. The van der Waals surface area contributed by atoms with Gasteiger partial charge in [0.2, 0.25) is 0 Å². The average molecular weight is 508 g/mol. The summed E-state index contributed by atoms with van der Waals surface area (Å²) in [6.07, 6.45) is -1.42. The topological polar surface area (TPSA) is 147 Å². The number of aromatic nitrogens is 5. The molecule has 4 N–H and O–H groups in total. The second-order valence-corrected chi connectivity index (χ2v) is 9.00. The van der Waals surface area contributed by atoms with E-state index in [1.54, 1.807) is 0 Å². The van der Waals surface area contributed by atoms with Crippen LogP contribution in [-0.4, -0.2) is 66.0 Å². The zero-order valence-corrected chi connectivity index (χ0v) is 20.4. The number of aliphatic hydroxyl groups is 2. The van der Waals surface area contributed by atoms with Gasteiger partial charge in [-0.15, -0.1) is 0 Å². The van der Waals surface area contributed by atoms with Crippen LogP contribution in [0.15, 0.2) is 43.0 Å². The molecule has 0 bridgehead atoms. The van der Waals surface area contributed by atoms with E-state index in [0.717, 1.165) is 22.9 Å². The fraction of sp³-hybridized carbons (Fsp3) is 0.320. The van der Waals surface area contributed by atoms with Crippen molar-refractivity contribution in [3.8, 4) is 11.4 Å². The van der Waals surface area contributed by atoms with Crippen molar-refractivity contribution >= 4 is 22.9 Å². The predicted octanol–water partition coefficient (Wildman–Crippen LogP) is 1.62. The lowest BCUT2D eigenvalue weighted by Gasteiger charge is -2.17. The van der Waals surface area contributed by atoms with Crippen molar-refractivity contribution in [2.75, 3.05) is 12.4 Å². The van der Waals surface area contributed by atoms with Gasteiger partial charge in [-0.2, -0.15) is 0 Å². The van der Waals surface area contributed by atoms with Gasteiger partial charge in [0.05, 0.1) is 12.5 Å². The number of aryl methyl sites for hydroxylation is 2. The lowest BCUT2D eigenvalue weighted by molar-refractivity contribution is -0.137. The summed E-state index contributed by atoms with van der Waals surface area (Å²) in [5.74, 6) is -0.584. The Hall–Kier alpha value is -4.00. The third kappa shape index (κ3) is 4.73. The molecular weight excluding hydrogens is 481 g/mol. The number of benzene rings is 1. The molecule has 0 saturated carbocycles. The van der Waals surface area contributed by atoms with E-state index < -0.39 is 36.3 Å². The maximum absolute atomic E-state index is 14.0. The molecule has 1 amide bonds. The van der Waals surface area contributed by atoms with Crippen molar-refractivity contribution in [2.24, 2.45) is 0 Å². The minimum Gasteiger partial charge on any atom is -0.387 e. The molecule has 0 radical (unpaired) electrons. The summed E-state index contributed by atoms with van der Waals surface area (Å²) in [5, 5.41) is 26.8. The average Bonchev–Trinajstić information content (AvgIpc) is 3.42. The van der Waals surface area contributed by atoms with Crippen molar-refractivity contribution in [1.82, 2.24) is 29.8 Å². The number of pyridine rings is 1. The van der Waals surface area contributed by atoms with E-state index in [-0.39, 0.29) is 11.5 Å². The molecule has 1 fully saturated rings. The van der Waals surface area contributed by atoms with Gasteiger partial charge in [0.25, 0.3) is 5.91 Å². The summed E-state index contributed by atoms with van der Waals surface area (Å²) in [6, 6.07) is 7.44. The highest BCUT2D eigenvalue weighted by Gasteiger charge is 2.47. The molecule has 12 heteroatoms. The zero-order chi connectivity index (χ0) is 26.3. The van der Waals surface area contributed by atoms with E-state index in [1.807, 2.05) is 13.8 Å². The van der Waals surface area contributed by atoms with E-state index in [2.05, 4.69) is 48.8 Å². The number of imidazole rings is 1. The van der Waals surface area contributed by atoms with Crippen LogP contribution in [0, 0.1) is 19.7 Å². The summed E-state index contributed by atoms with van der Waals surface area (Å²) in [6.45, 7) is 4.47. The number of rotatable bonds is 6. The van der Waals surface area contributed by atoms with Gasteiger partial charge in [0, 0.05) is 25.4 Å². The van der Waals surface area contributed by atoms with E-state index in [4.69, 9.17) is 4.74 Å². The first-order chi connectivity index (χ1) is 17.7. The van der Waals surface area contributed by atoms with Gasteiger partial charge < -0.3 is 25.6 Å². The molecular formula is C25H26FN7O4. The fourth-order valence-electron chi connectivity index (χ4n) is 4.49. The number of halogens is 1. The van der Waals surface area contributed by atoms with Crippen molar-refractivity contribution in [3.05, 3.63) is 65.5 Å². The molecule has 1 saturated heterocycles. The number of fused-ring (bicyclic) bond motifs is 1. The van der Waals surface area contributed by atoms with E-state index in [0.29, 0.717) is 23.4 Å². The second-order valence-electron chi connectivity index (χ2n) is 9.00. The number of nitrogens with one attached hydrogen (secondary N) is 2. The minimum absolute atomic E-state index is 0.167. The lowest BCUT2D eigenvalue weighted by atomic mass is 10.1. The van der Waals surface area contributed by atoms with Gasteiger partial charge in [0.15, 0.2) is 35.1 Å². The van der Waals surface area contributed by atoms with Gasteiger partial charge in [-0.1, -0.05) is 29.3 Å². The second kappa shape index (κ2) is 9.81. The number of hydrogen-bond donors (Lipinski definition) is 4. The molecule has 37 heavy (non-hydrogen) atoms. The quantitative estimate of drug-likeness (QED) is 0.306. The van der Waals surface area contributed by atoms with E-state index in [9.17, 15) is 19.4 Å². The van der Waals surface area contributed by atoms with Crippen LogP contribution in [0.5, 0.6) is 0 Å². The van der Waals surface area contributed by atoms with Gasteiger partial charge in [-0.25, -0.2) is 19.3 Å². The van der Waals surface area contributed by atoms with Crippen molar-refractivity contribution in [3.63, 3.8) is 0 Å². The Labute approximate surface area is 211 Å². The van der Waals surface area contributed by atoms with Crippen LogP contribution in [0.1, 0.15) is 22.9 Å². The molecule has 1 aromatic carbocycles. The first-order valence-electron chi connectivity index (χ1n) is 11.6. The van der Waals surface area contributed by atoms with E-state index in [1.165, 1.54) is 30.2 Å². The van der Waals surface area contributed by atoms with Gasteiger partial charge in [0.1, 0.15) is 18.0 Å². The largest absolute Gasteiger partial charge is 0.387 e. The SMILES string of the molecule is CNC(=O)[C@H]1O[C@@H](n2cnc3c(NCc4cc(C)cc(C)c4)nc(-c4cncc(F)c4)nc32)[C@H](O)[C@@H]1O. The van der Waals surface area contributed by atoms with Crippen LogP contribution in [-0.2, 0) is 16.1 Å². The van der Waals surface area contributed by atoms with Crippen molar-refractivity contribution < 1.29 is 24.1 Å². The summed E-state index contributed by atoms with van der Waals surface area (Å²) >= 11 is 0. The van der Waals surface area contributed by atoms with Crippen LogP contribution in [0.3, 0.4) is 0 Å². The van der Waals surface area contributed by atoms with Crippen LogP contribution in [0.2, 0.25) is 0 Å². The Morgan fingerprint density at radius 3 is 2.57 bits per heavy atom. The fourth-order valence-corrected chi connectivity index (χ4v) is 4.49. The molecule has 0 unspecified atom stereocenters. The third-order valence-electron chi connectivity index (χ3n) is 6.14. The highest BCUT2D eigenvalue weighted by molar-refractivity contribution is 5.85. The Kier molecular flexibility index (Phi) is 6.54. The number of nitrogens with zero attached hydrogens (tertiary/aromatic N) is 5. The van der Waals surface area contributed by atoms with Gasteiger partial charge in [-0.3, -0.25) is 14.3 Å². The monoisotopic (exact) mass is 507 g/mol. The molecule has 1 aliphatic heterocycles. The summed E-state index contributed by atoms with van der Waals surface area (Å²) < 4.78 is 21.1. The number of likely N-dealkylation sites (N-methyl/N-ethyl adjacent to an activating group) is 1. The molecule has 3 aromatic heterocycles. The van der Waals surface area contributed by atoms with Crippen molar-refractivity contribution in [2.45, 2.75) is 44.9 Å². The maximum atomic E-state index is 14.0. The molecule has 5 rings (SSSR count). The Morgan fingerprint density at radius 2 is 1.86 bits per heavy atom. The number of hydrogen-bond acceptors (Lipinski definition) is 9. The minimum atomic E-state index is -1.46. The first kappa shape index (κ1) is 24.7. The van der Waals surface area contributed by atoms with Crippen molar-refractivity contribution in [1.29, 1.82) is 0 Å². The molecule has 4 heterocycles. The molecule has 1 aliphatic rings. The summed E-state index contributed by atoms with van der Waals surface area (Å²) in [5.41, 5.74) is 4.23.